The van der Waals surface area contributed by atoms with Gasteiger partial charge in [-0.05, 0) is 47.7 Å². The Morgan fingerprint density at radius 3 is 2.29 bits per heavy atom. The van der Waals surface area contributed by atoms with Gasteiger partial charge >= 0.3 is 0 Å². The topological polar surface area (TPSA) is 46.2 Å². The summed E-state index contributed by atoms with van der Waals surface area (Å²) in [5.74, 6) is -0.830. The van der Waals surface area contributed by atoms with Crippen LogP contribution in [0, 0.1) is 5.82 Å². The molecule has 1 unspecified atom stereocenters. The van der Waals surface area contributed by atoms with Crippen molar-refractivity contribution >= 4 is 45.0 Å². The molecule has 3 nitrogen and oxygen atoms in total. The third-order valence-corrected chi connectivity index (χ3v) is 7.17. The summed E-state index contributed by atoms with van der Waals surface area (Å²) in [6.45, 7) is 0. The van der Waals surface area contributed by atoms with E-state index >= 15 is 0 Å². The van der Waals surface area contributed by atoms with Gasteiger partial charge in [0.15, 0.2) is 0 Å². The fourth-order valence-electron chi connectivity index (χ4n) is 2.73. The van der Waals surface area contributed by atoms with E-state index in [-0.39, 0.29) is 5.02 Å². The molecule has 0 aliphatic heterocycles. The lowest BCUT2D eigenvalue weighted by Crippen LogP contribution is -2.30. The SMILES string of the molecule is CSc1ccc(C(NS(=O)(=O)c2ccccc2F)c2cccc(Cl)c2Cl)cc1. The molecule has 0 saturated heterocycles. The van der Waals surface area contributed by atoms with Crippen LogP contribution < -0.4 is 4.72 Å². The highest BCUT2D eigenvalue weighted by Crippen LogP contribution is 2.35. The minimum Gasteiger partial charge on any atom is -0.207 e. The fourth-order valence-corrected chi connectivity index (χ4v) is 4.84. The van der Waals surface area contributed by atoms with Gasteiger partial charge in [0.05, 0.1) is 16.1 Å². The van der Waals surface area contributed by atoms with E-state index in [1.54, 1.807) is 42.1 Å². The van der Waals surface area contributed by atoms with Crippen molar-refractivity contribution in [3.8, 4) is 0 Å². The monoisotopic (exact) mass is 455 g/mol. The molecule has 0 aromatic heterocycles. The van der Waals surface area contributed by atoms with Crippen LogP contribution >= 0.6 is 35.0 Å². The first kappa shape index (κ1) is 21.1. The minimum atomic E-state index is -4.16. The van der Waals surface area contributed by atoms with E-state index in [1.165, 1.54) is 18.2 Å². The Morgan fingerprint density at radius 2 is 1.64 bits per heavy atom. The molecule has 3 aromatic rings. The summed E-state index contributed by atoms with van der Waals surface area (Å²) < 4.78 is 42.5. The third kappa shape index (κ3) is 4.53. The van der Waals surface area contributed by atoms with E-state index in [2.05, 4.69) is 4.72 Å². The van der Waals surface area contributed by atoms with Crippen LogP contribution in [0.2, 0.25) is 10.0 Å². The lowest BCUT2D eigenvalue weighted by Gasteiger charge is -2.22. The van der Waals surface area contributed by atoms with Gasteiger partial charge in [0.1, 0.15) is 10.7 Å². The highest BCUT2D eigenvalue weighted by atomic mass is 35.5. The molecule has 0 amide bonds. The van der Waals surface area contributed by atoms with Gasteiger partial charge in [-0.25, -0.2) is 12.8 Å². The van der Waals surface area contributed by atoms with Gasteiger partial charge < -0.3 is 0 Å². The Morgan fingerprint density at radius 1 is 0.964 bits per heavy atom. The third-order valence-electron chi connectivity index (χ3n) is 4.14. The zero-order valence-corrected chi connectivity index (χ0v) is 17.8. The maximum atomic E-state index is 14.1. The Hall–Kier alpha value is -1.57. The average Bonchev–Trinajstić information content (AvgIpc) is 2.69. The molecule has 146 valence electrons. The number of hydrogen-bond acceptors (Lipinski definition) is 3. The smallest absolute Gasteiger partial charge is 0.207 e. The average molecular weight is 456 g/mol. The predicted molar refractivity (Wildman–Crippen MR) is 113 cm³/mol. The highest BCUT2D eigenvalue weighted by molar-refractivity contribution is 7.98. The number of thioether (sulfide) groups is 1. The molecule has 3 aromatic carbocycles. The largest absolute Gasteiger partial charge is 0.244 e. The van der Waals surface area contributed by atoms with Crippen molar-refractivity contribution < 1.29 is 12.8 Å². The van der Waals surface area contributed by atoms with Crippen LogP contribution in [0.25, 0.3) is 0 Å². The summed E-state index contributed by atoms with van der Waals surface area (Å²) >= 11 is 14.1. The van der Waals surface area contributed by atoms with Crippen LogP contribution in [0.5, 0.6) is 0 Å². The van der Waals surface area contributed by atoms with Gasteiger partial charge in [0, 0.05) is 4.90 Å². The van der Waals surface area contributed by atoms with E-state index in [4.69, 9.17) is 23.2 Å². The molecular weight excluding hydrogens is 440 g/mol. The summed E-state index contributed by atoms with van der Waals surface area (Å²) in [6.07, 6.45) is 1.95. The number of nitrogens with one attached hydrogen (secondary N) is 1. The Kier molecular flexibility index (Phi) is 6.68. The van der Waals surface area contributed by atoms with E-state index in [1.807, 2.05) is 18.4 Å². The van der Waals surface area contributed by atoms with Gasteiger partial charge in [0.25, 0.3) is 0 Å². The van der Waals surface area contributed by atoms with E-state index in [0.29, 0.717) is 16.1 Å². The molecule has 0 spiro atoms. The van der Waals surface area contributed by atoms with Crippen LogP contribution in [-0.2, 0) is 10.0 Å². The first-order valence-electron chi connectivity index (χ1n) is 8.18. The molecule has 0 radical (unpaired) electrons. The predicted octanol–water partition coefficient (Wildman–Crippen LogP) is 5.92. The molecule has 28 heavy (non-hydrogen) atoms. The summed E-state index contributed by atoms with van der Waals surface area (Å²) in [5, 5.41) is 0.536. The van der Waals surface area contributed by atoms with Gasteiger partial charge in [-0.2, -0.15) is 4.72 Å². The number of rotatable bonds is 6. The lowest BCUT2D eigenvalue weighted by molar-refractivity contribution is 0.550. The fraction of sp³-hybridized carbons (Fsp3) is 0.100. The van der Waals surface area contributed by atoms with Crippen LogP contribution in [0.3, 0.4) is 0 Å². The second-order valence-corrected chi connectivity index (χ2v) is 9.25. The molecule has 0 aliphatic carbocycles. The van der Waals surface area contributed by atoms with Crippen LogP contribution in [0.1, 0.15) is 17.2 Å². The van der Waals surface area contributed by atoms with Crippen molar-refractivity contribution in [3.05, 3.63) is 93.7 Å². The maximum Gasteiger partial charge on any atom is 0.244 e. The van der Waals surface area contributed by atoms with E-state index in [9.17, 15) is 12.8 Å². The van der Waals surface area contributed by atoms with Gasteiger partial charge in [0.2, 0.25) is 10.0 Å². The first-order chi connectivity index (χ1) is 13.3. The van der Waals surface area contributed by atoms with Crippen molar-refractivity contribution in [1.29, 1.82) is 0 Å². The highest BCUT2D eigenvalue weighted by Gasteiger charge is 2.27. The molecule has 0 fully saturated rings. The first-order valence-corrected chi connectivity index (χ1v) is 11.6. The summed E-state index contributed by atoms with van der Waals surface area (Å²) in [7, 11) is -4.16. The lowest BCUT2D eigenvalue weighted by atomic mass is 10.00. The number of benzene rings is 3. The van der Waals surface area contributed by atoms with Gasteiger partial charge in [-0.1, -0.05) is 59.6 Å². The zero-order valence-electron chi connectivity index (χ0n) is 14.7. The summed E-state index contributed by atoms with van der Waals surface area (Å²) in [6, 6.07) is 16.7. The Bertz CT molecular complexity index is 1090. The van der Waals surface area contributed by atoms with Crippen molar-refractivity contribution in [1.82, 2.24) is 4.72 Å². The summed E-state index contributed by atoms with van der Waals surface area (Å²) in [4.78, 5) is 0.593. The van der Waals surface area contributed by atoms with E-state index < -0.39 is 26.8 Å². The van der Waals surface area contributed by atoms with Crippen LogP contribution in [0.15, 0.2) is 76.5 Å². The second-order valence-electron chi connectivity index (χ2n) is 5.90. The molecule has 3 rings (SSSR count). The quantitative estimate of drug-likeness (QED) is 0.469. The maximum absolute atomic E-state index is 14.1. The Balaban J connectivity index is 2.11. The molecule has 1 N–H and O–H groups in total. The molecule has 0 saturated carbocycles. The number of halogens is 3. The summed E-state index contributed by atoms with van der Waals surface area (Å²) in [5.41, 5.74) is 1.13. The molecule has 1 atom stereocenters. The molecular formula is C20H16Cl2FNO2S2. The van der Waals surface area contributed by atoms with Crippen LogP contribution in [-0.4, -0.2) is 14.7 Å². The van der Waals surface area contributed by atoms with E-state index in [0.717, 1.165) is 11.0 Å². The normalized spacial score (nSPS) is 12.7. The molecule has 0 aliphatic rings. The van der Waals surface area contributed by atoms with Gasteiger partial charge in [-0.15, -0.1) is 11.8 Å². The van der Waals surface area contributed by atoms with Crippen molar-refractivity contribution in [3.63, 3.8) is 0 Å². The zero-order chi connectivity index (χ0) is 20.3. The van der Waals surface area contributed by atoms with Crippen molar-refractivity contribution in [2.45, 2.75) is 15.8 Å². The van der Waals surface area contributed by atoms with Crippen molar-refractivity contribution in [2.24, 2.45) is 0 Å². The molecule has 8 heteroatoms. The Labute approximate surface area is 177 Å². The van der Waals surface area contributed by atoms with Crippen LogP contribution in [0.4, 0.5) is 4.39 Å². The second kappa shape index (κ2) is 8.84. The van der Waals surface area contributed by atoms with Crippen molar-refractivity contribution in [2.75, 3.05) is 6.26 Å². The molecule has 0 bridgehead atoms. The minimum absolute atomic E-state index is 0.236. The molecule has 0 heterocycles. The number of hydrogen-bond donors (Lipinski definition) is 1. The number of sulfonamides is 1. The standard InChI is InChI=1S/C20H16Cl2FNO2S2/c1-27-14-11-9-13(10-12-14)20(15-5-4-6-16(21)19(15)22)24-28(25,26)18-8-3-2-7-17(18)23/h2-12,20,24H,1H3. The van der Waals surface area contributed by atoms with Gasteiger partial charge in [-0.3, -0.25) is 0 Å².